The Morgan fingerprint density at radius 3 is 2.04 bits per heavy atom. The second-order valence-electron chi connectivity index (χ2n) is 13.6. The lowest BCUT2D eigenvalue weighted by Crippen LogP contribution is -2.57. The number of nitrogens with one attached hydrogen (secondary N) is 3. The van der Waals surface area contributed by atoms with Crippen molar-refractivity contribution < 1.29 is 38.2 Å². The summed E-state index contributed by atoms with van der Waals surface area (Å²) in [6.07, 6.45) is 1.17. The van der Waals surface area contributed by atoms with Gasteiger partial charge >= 0.3 is 0 Å². The fourth-order valence-electron chi connectivity index (χ4n) is 6.48. The number of likely N-dealkylation sites (N-methyl/N-ethyl adjacent to an activating group) is 3. The van der Waals surface area contributed by atoms with Gasteiger partial charge in [-0.05, 0) is 30.4 Å². The summed E-state index contributed by atoms with van der Waals surface area (Å²) in [5.41, 5.74) is 0.624. The van der Waals surface area contributed by atoms with Gasteiger partial charge in [0.2, 0.25) is 17.7 Å². The van der Waals surface area contributed by atoms with Crippen molar-refractivity contribution >= 4 is 29.9 Å². The van der Waals surface area contributed by atoms with Crippen LogP contribution in [0.3, 0.4) is 0 Å². The third kappa shape index (κ3) is 10.7. The average Bonchev–Trinajstić information content (AvgIpc) is 3.47. The summed E-state index contributed by atoms with van der Waals surface area (Å²) in [7, 11) is 8.00. The van der Waals surface area contributed by atoms with Gasteiger partial charge in [0.25, 0.3) is 5.91 Å². The first kappa shape index (κ1) is 42.5. The molecular formula is C37H59N5O8. The third-order valence-electron chi connectivity index (χ3n) is 9.54. The third-order valence-corrected chi connectivity index (χ3v) is 9.54. The van der Waals surface area contributed by atoms with Crippen LogP contribution in [0.25, 0.3) is 0 Å². The number of ether oxygens (including phenoxy) is 3. The molecule has 3 N–H and O–H groups in total. The van der Waals surface area contributed by atoms with E-state index < -0.39 is 60.4 Å². The number of nitrogens with zero attached hydrogens (tertiary/aromatic N) is 2. The van der Waals surface area contributed by atoms with Crippen LogP contribution < -0.4 is 16.0 Å². The molecule has 0 aromatic heterocycles. The van der Waals surface area contributed by atoms with Gasteiger partial charge < -0.3 is 44.8 Å². The van der Waals surface area contributed by atoms with E-state index in [4.69, 9.17) is 14.2 Å². The second-order valence-corrected chi connectivity index (χ2v) is 13.6. The van der Waals surface area contributed by atoms with Crippen LogP contribution in [-0.4, -0.2) is 124 Å². The van der Waals surface area contributed by atoms with E-state index in [0.29, 0.717) is 11.8 Å². The van der Waals surface area contributed by atoms with Crippen molar-refractivity contribution in [1.29, 1.82) is 0 Å². The van der Waals surface area contributed by atoms with Crippen molar-refractivity contribution in [3.05, 3.63) is 48.0 Å². The Morgan fingerprint density at radius 1 is 0.920 bits per heavy atom. The highest BCUT2D eigenvalue weighted by Gasteiger charge is 2.49. The van der Waals surface area contributed by atoms with Crippen LogP contribution in [0.2, 0.25) is 0 Å². The molecule has 1 aromatic rings. The maximum Gasteiger partial charge on any atom is 0.252 e. The first-order valence-electron chi connectivity index (χ1n) is 17.4. The summed E-state index contributed by atoms with van der Waals surface area (Å²) in [6.45, 7) is 11.8. The predicted octanol–water partition coefficient (Wildman–Crippen LogP) is 2.11. The van der Waals surface area contributed by atoms with Gasteiger partial charge in [-0.3, -0.25) is 19.2 Å². The zero-order chi connectivity index (χ0) is 37.7. The van der Waals surface area contributed by atoms with Gasteiger partial charge in [0.05, 0.1) is 12.1 Å². The number of methoxy groups -OCH3 is 2. The van der Waals surface area contributed by atoms with Crippen LogP contribution in [0.4, 0.5) is 0 Å². The summed E-state index contributed by atoms with van der Waals surface area (Å²) in [5, 5.41) is 8.59. The van der Waals surface area contributed by atoms with E-state index in [0.717, 1.165) is 6.42 Å². The standard InChI is InChI=1S/C37H59N5O8/c1-12-24(6)27(41(8)37(47)31(23(4)5)42(9)36(46)30(38-7)22(2)3)18-19-29(44)39-20-28-32(48-10)33(49-11)34(50-28)35(45)40-26(21-43)25-16-14-13-15-17-25/h13-19,21-24,26-28,30-34,38H,12,20H2,1-11H3,(H,39,44)(H,40,45)/b19-18+/t24-,26+,27+,28+,30-,31-,32+,33-,34-/m0/s1. The highest BCUT2D eigenvalue weighted by molar-refractivity contribution is 5.91. The number of carbonyl (C=O) groups is 5. The van der Waals surface area contributed by atoms with Crippen LogP contribution in [0.5, 0.6) is 0 Å². The van der Waals surface area contributed by atoms with Gasteiger partial charge in [-0.25, -0.2) is 0 Å². The predicted molar refractivity (Wildman–Crippen MR) is 191 cm³/mol. The van der Waals surface area contributed by atoms with Crippen LogP contribution >= 0.6 is 0 Å². The Kier molecular flexibility index (Phi) is 17.2. The monoisotopic (exact) mass is 701 g/mol. The molecule has 0 unspecified atom stereocenters. The Bertz CT molecular complexity index is 1290. The molecule has 1 aromatic carbocycles. The van der Waals surface area contributed by atoms with Crippen LogP contribution in [0.1, 0.15) is 59.6 Å². The highest BCUT2D eigenvalue weighted by Crippen LogP contribution is 2.27. The Labute approximate surface area is 297 Å². The quantitative estimate of drug-likeness (QED) is 0.145. The summed E-state index contributed by atoms with van der Waals surface area (Å²) in [5.74, 6) is -1.45. The minimum Gasteiger partial charge on any atom is -0.376 e. The Balaban J connectivity index is 2.16. The zero-order valence-electron chi connectivity index (χ0n) is 31.5. The molecule has 0 radical (unpaired) electrons. The number of carbonyl (C=O) groups excluding carboxylic acids is 5. The molecule has 1 fully saturated rings. The summed E-state index contributed by atoms with van der Waals surface area (Å²) in [4.78, 5) is 68.7. The molecule has 280 valence electrons. The number of aldehydes is 1. The molecule has 0 aliphatic carbocycles. The topological polar surface area (TPSA) is 156 Å². The van der Waals surface area contributed by atoms with Crippen molar-refractivity contribution in [3.63, 3.8) is 0 Å². The van der Waals surface area contributed by atoms with Crippen LogP contribution in [0.15, 0.2) is 42.5 Å². The lowest BCUT2D eigenvalue weighted by molar-refractivity contribution is -0.148. The molecule has 1 heterocycles. The highest BCUT2D eigenvalue weighted by atomic mass is 16.6. The molecule has 50 heavy (non-hydrogen) atoms. The minimum atomic E-state index is -1.09. The van der Waals surface area contributed by atoms with E-state index in [1.807, 2.05) is 47.6 Å². The number of benzene rings is 1. The molecule has 4 amide bonds. The smallest absolute Gasteiger partial charge is 0.252 e. The largest absolute Gasteiger partial charge is 0.376 e. The van der Waals surface area contributed by atoms with Crippen LogP contribution in [-0.2, 0) is 38.2 Å². The van der Waals surface area contributed by atoms with E-state index in [2.05, 4.69) is 16.0 Å². The van der Waals surface area contributed by atoms with E-state index in [1.54, 1.807) is 56.4 Å². The minimum absolute atomic E-state index is 0.00591. The van der Waals surface area contributed by atoms with Crippen molar-refractivity contribution in [2.45, 2.75) is 96.5 Å². The molecule has 1 aliphatic rings. The SMILES string of the molecule is CC[C@H](C)[C@@H](/C=C/C(=O)NC[C@H]1O[C@H](C(=O)N[C@H](C=O)c2ccccc2)[C@@H](OC)[C@@H]1OC)N(C)C(=O)[C@H](C(C)C)N(C)C(=O)[C@@H](NC)C(C)C. The van der Waals surface area contributed by atoms with E-state index >= 15 is 0 Å². The van der Waals surface area contributed by atoms with Crippen molar-refractivity contribution in [1.82, 2.24) is 25.8 Å². The number of hydrogen-bond acceptors (Lipinski definition) is 9. The van der Waals surface area contributed by atoms with Crippen molar-refractivity contribution in [2.24, 2.45) is 17.8 Å². The van der Waals surface area contributed by atoms with Gasteiger partial charge in [-0.15, -0.1) is 0 Å². The van der Waals surface area contributed by atoms with Gasteiger partial charge in [-0.2, -0.15) is 0 Å². The molecule has 2 rings (SSSR count). The molecular weight excluding hydrogens is 642 g/mol. The maximum atomic E-state index is 14.0. The lowest BCUT2D eigenvalue weighted by atomic mass is 9.94. The van der Waals surface area contributed by atoms with E-state index in [9.17, 15) is 24.0 Å². The molecule has 1 aliphatic heterocycles. The second kappa shape index (κ2) is 20.3. The summed E-state index contributed by atoms with van der Waals surface area (Å²) >= 11 is 0. The molecule has 13 nitrogen and oxygen atoms in total. The van der Waals surface area contributed by atoms with E-state index in [1.165, 1.54) is 25.2 Å². The molecule has 9 atom stereocenters. The molecule has 13 heteroatoms. The fraction of sp³-hybridized carbons (Fsp3) is 0.649. The average molecular weight is 702 g/mol. The molecule has 0 saturated carbocycles. The van der Waals surface area contributed by atoms with Crippen LogP contribution in [0, 0.1) is 17.8 Å². The van der Waals surface area contributed by atoms with Crippen molar-refractivity contribution in [3.8, 4) is 0 Å². The normalized spacial score (nSPS) is 22.1. The molecule has 1 saturated heterocycles. The molecule has 0 spiro atoms. The lowest BCUT2D eigenvalue weighted by Gasteiger charge is -2.39. The number of hydrogen-bond donors (Lipinski definition) is 3. The Morgan fingerprint density at radius 2 is 1.54 bits per heavy atom. The number of amides is 4. The number of rotatable bonds is 19. The molecule has 0 bridgehead atoms. The summed E-state index contributed by atoms with van der Waals surface area (Å²) in [6, 6.07) is 6.40. The van der Waals surface area contributed by atoms with Gasteiger partial charge in [-0.1, -0.05) is 84.4 Å². The van der Waals surface area contributed by atoms with Gasteiger partial charge in [0.15, 0.2) is 6.10 Å². The summed E-state index contributed by atoms with van der Waals surface area (Å²) < 4.78 is 17.2. The van der Waals surface area contributed by atoms with Crippen molar-refractivity contribution in [2.75, 3.05) is 41.9 Å². The first-order valence-corrected chi connectivity index (χ1v) is 17.4. The Hall–Kier alpha value is -3.65. The van der Waals surface area contributed by atoms with E-state index in [-0.39, 0.29) is 36.1 Å². The maximum absolute atomic E-state index is 14.0. The first-order chi connectivity index (χ1) is 23.7. The van der Waals surface area contributed by atoms with Gasteiger partial charge in [0, 0.05) is 40.9 Å². The fourth-order valence-corrected chi connectivity index (χ4v) is 6.48. The van der Waals surface area contributed by atoms with Gasteiger partial charge in [0.1, 0.15) is 36.7 Å². The zero-order valence-corrected chi connectivity index (χ0v) is 31.5.